The molecule has 2 amide bonds. The number of hydrogen-bond acceptors (Lipinski definition) is 5. The molecule has 0 spiro atoms. The normalized spacial score (nSPS) is 11.8. The maximum atomic E-state index is 14.6. The average molecular weight is 642 g/mol. The number of sulfonamides is 1. The maximum Gasteiger partial charge on any atom is 0.264 e. The van der Waals surface area contributed by atoms with Crippen LogP contribution in [0.25, 0.3) is 0 Å². The van der Waals surface area contributed by atoms with Gasteiger partial charge in [0.1, 0.15) is 18.3 Å². The fraction of sp³-hybridized carbons (Fsp3) is 0.297. The molecule has 0 fully saturated rings. The topological polar surface area (TPSA) is 96.0 Å². The molecule has 8 nitrogen and oxygen atoms in total. The molecule has 1 atom stereocenters. The van der Waals surface area contributed by atoms with Gasteiger partial charge in [-0.25, -0.2) is 8.42 Å². The minimum absolute atomic E-state index is 0.0702. The van der Waals surface area contributed by atoms with E-state index in [-0.39, 0.29) is 23.8 Å². The monoisotopic (exact) mass is 641 g/mol. The zero-order chi connectivity index (χ0) is 33.1. The van der Waals surface area contributed by atoms with E-state index in [1.165, 1.54) is 21.3 Å². The van der Waals surface area contributed by atoms with E-state index in [1.807, 2.05) is 81.4 Å². The molecule has 0 aliphatic heterocycles. The van der Waals surface area contributed by atoms with E-state index in [9.17, 15) is 18.0 Å². The molecular formula is C37H43N3O5S. The summed E-state index contributed by atoms with van der Waals surface area (Å²) in [5, 5.41) is 3.02. The van der Waals surface area contributed by atoms with Gasteiger partial charge < -0.3 is 15.0 Å². The molecule has 0 bridgehead atoms. The first kappa shape index (κ1) is 34.2. The Hall–Kier alpha value is -4.63. The number of nitrogens with one attached hydrogen (secondary N) is 1. The Bertz CT molecular complexity index is 1710. The summed E-state index contributed by atoms with van der Waals surface area (Å²) in [5.41, 5.74) is 3.67. The predicted octanol–water partition coefficient (Wildman–Crippen LogP) is 6.06. The first-order valence-corrected chi connectivity index (χ1v) is 17.0. The van der Waals surface area contributed by atoms with E-state index in [0.717, 1.165) is 35.1 Å². The lowest BCUT2D eigenvalue weighted by atomic mass is 10.0. The maximum absolute atomic E-state index is 14.6. The minimum Gasteiger partial charge on any atom is -0.497 e. The van der Waals surface area contributed by atoms with Crippen LogP contribution >= 0.6 is 0 Å². The van der Waals surface area contributed by atoms with Crippen molar-refractivity contribution in [3.8, 4) is 5.75 Å². The zero-order valence-electron chi connectivity index (χ0n) is 27.0. The van der Waals surface area contributed by atoms with Crippen molar-refractivity contribution in [1.82, 2.24) is 10.2 Å². The summed E-state index contributed by atoms with van der Waals surface area (Å²) in [5.74, 6) is -0.187. The first-order chi connectivity index (χ1) is 22.1. The molecule has 9 heteroatoms. The van der Waals surface area contributed by atoms with Crippen molar-refractivity contribution in [3.05, 3.63) is 125 Å². The molecule has 242 valence electrons. The van der Waals surface area contributed by atoms with Gasteiger partial charge in [0.2, 0.25) is 11.8 Å². The minimum atomic E-state index is -4.16. The van der Waals surface area contributed by atoms with E-state index < -0.39 is 28.5 Å². The number of nitrogens with zero attached hydrogens (tertiary/aromatic N) is 2. The summed E-state index contributed by atoms with van der Waals surface area (Å²) in [6.07, 6.45) is 1.95. The SMILES string of the molecule is CCCCNC(=O)C(Cc1ccccc1)N(Cc1cccc(OC)c1)C(=O)CN(c1cccc(C)c1C)S(=O)(=O)c1ccccc1. The number of ether oxygens (including phenoxy) is 1. The van der Waals surface area contributed by atoms with E-state index in [2.05, 4.69) is 5.32 Å². The van der Waals surface area contributed by atoms with Crippen molar-refractivity contribution >= 4 is 27.5 Å². The summed E-state index contributed by atoms with van der Waals surface area (Å²) in [6, 6.07) is 29.4. The zero-order valence-corrected chi connectivity index (χ0v) is 27.8. The smallest absolute Gasteiger partial charge is 0.264 e. The highest BCUT2D eigenvalue weighted by Gasteiger charge is 2.35. The molecule has 0 aromatic heterocycles. The highest BCUT2D eigenvalue weighted by Crippen LogP contribution is 2.29. The highest BCUT2D eigenvalue weighted by molar-refractivity contribution is 7.92. The van der Waals surface area contributed by atoms with Crippen molar-refractivity contribution in [2.24, 2.45) is 0 Å². The van der Waals surface area contributed by atoms with Crippen LogP contribution in [0.2, 0.25) is 0 Å². The Kier molecular flexibility index (Phi) is 12.0. The number of anilines is 1. The summed E-state index contributed by atoms with van der Waals surface area (Å²) in [7, 11) is -2.60. The van der Waals surface area contributed by atoms with Gasteiger partial charge in [-0.15, -0.1) is 0 Å². The van der Waals surface area contributed by atoms with Crippen LogP contribution in [0.3, 0.4) is 0 Å². The van der Waals surface area contributed by atoms with Gasteiger partial charge in [-0.3, -0.25) is 13.9 Å². The van der Waals surface area contributed by atoms with Crippen molar-refractivity contribution in [2.45, 2.75) is 57.5 Å². The first-order valence-electron chi connectivity index (χ1n) is 15.5. The molecule has 4 aromatic carbocycles. The van der Waals surface area contributed by atoms with Crippen LogP contribution in [0.1, 0.15) is 42.0 Å². The second kappa shape index (κ2) is 16.1. The number of amides is 2. The van der Waals surface area contributed by atoms with Crippen LogP contribution in [0.15, 0.2) is 108 Å². The molecule has 0 saturated heterocycles. The number of aryl methyl sites for hydroxylation is 1. The van der Waals surface area contributed by atoms with Gasteiger partial charge in [-0.1, -0.05) is 86.1 Å². The van der Waals surface area contributed by atoms with Gasteiger partial charge in [0.25, 0.3) is 10.0 Å². The largest absolute Gasteiger partial charge is 0.497 e. The van der Waals surface area contributed by atoms with Crippen LogP contribution in [0, 0.1) is 13.8 Å². The average Bonchev–Trinajstić information content (AvgIpc) is 3.07. The second-order valence-electron chi connectivity index (χ2n) is 11.3. The highest BCUT2D eigenvalue weighted by atomic mass is 32.2. The van der Waals surface area contributed by atoms with Gasteiger partial charge in [0.05, 0.1) is 17.7 Å². The Morgan fingerprint density at radius 3 is 2.17 bits per heavy atom. The Morgan fingerprint density at radius 2 is 1.50 bits per heavy atom. The lowest BCUT2D eigenvalue weighted by Gasteiger charge is -2.34. The van der Waals surface area contributed by atoms with E-state index in [0.29, 0.717) is 18.0 Å². The van der Waals surface area contributed by atoms with Crippen LogP contribution in [-0.4, -0.2) is 51.4 Å². The van der Waals surface area contributed by atoms with Gasteiger partial charge in [0.15, 0.2) is 0 Å². The Balaban J connectivity index is 1.82. The van der Waals surface area contributed by atoms with Crippen molar-refractivity contribution in [2.75, 3.05) is 24.5 Å². The number of benzene rings is 4. The number of carbonyl (C=O) groups excluding carboxylic acids is 2. The fourth-order valence-electron chi connectivity index (χ4n) is 5.27. The summed E-state index contributed by atoms with van der Waals surface area (Å²) < 4.78 is 35.1. The van der Waals surface area contributed by atoms with Gasteiger partial charge in [-0.05, 0) is 72.9 Å². The molecule has 1 N–H and O–H groups in total. The third-order valence-corrected chi connectivity index (χ3v) is 9.82. The van der Waals surface area contributed by atoms with Crippen LogP contribution in [0.5, 0.6) is 5.75 Å². The van der Waals surface area contributed by atoms with Crippen molar-refractivity contribution in [3.63, 3.8) is 0 Å². The molecule has 0 aliphatic rings. The molecule has 4 rings (SSSR count). The number of carbonyl (C=O) groups is 2. The van der Waals surface area contributed by atoms with Crippen LogP contribution in [0.4, 0.5) is 5.69 Å². The van der Waals surface area contributed by atoms with E-state index in [1.54, 1.807) is 37.4 Å². The third kappa shape index (κ3) is 8.54. The van der Waals surface area contributed by atoms with Gasteiger partial charge in [-0.2, -0.15) is 0 Å². The molecule has 1 unspecified atom stereocenters. The standard InChI is InChI=1S/C37H43N3O5S/c1-5-6-23-38-37(42)35(25-30-16-9-7-10-17-30)39(26-31-18-14-19-32(24-31)45-4)36(41)27-40(34-22-13-15-28(2)29(34)3)46(43,44)33-20-11-8-12-21-33/h7-22,24,35H,5-6,23,25-27H2,1-4H3,(H,38,42). The van der Waals surface area contributed by atoms with Gasteiger partial charge >= 0.3 is 0 Å². The molecule has 4 aromatic rings. The summed E-state index contributed by atoms with van der Waals surface area (Å²) >= 11 is 0. The Morgan fingerprint density at radius 1 is 0.848 bits per heavy atom. The van der Waals surface area contributed by atoms with Crippen molar-refractivity contribution in [1.29, 1.82) is 0 Å². The lowest BCUT2D eigenvalue weighted by Crippen LogP contribution is -2.53. The lowest BCUT2D eigenvalue weighted by molar-refractivity contribution is -0.140. The molecular weight excluding hydrogens is 598 g/mol. The third-order valence-electron chi connectivity index (χ3n) is 8.04. The number of rotatable bonds is 15. The number of hydrogen-bond donors (Lipinski definition) is 1. The predicted molar refractivity (Wildman–Crippen MR) is 182 cm³/mol. The number of unbranched alkanes of at least 4 members (excludes halogenated alkanes) is 1. The van der Waals surface area contributed by atoms with Crippen LogP contribution < -0.4 is 14.4 Å². The van der Waals surface area contributed by atoms with Crippen LogP contribution in [-0.2, 0) is 32.6 Å². The number of methoxy groups -OCH3 is 1. The van der Waals surface area contributed by atoms with E-state index >= 15 is 0 Å². The Labute approximate surface area is 273 Å². The molecule has 0 aliphatic carbocycles. The molecule has 0 heterocycles. The van der Waals surface area contributed by atoms with Crippen molar-refractivity contribution < 1.29 is 22.7 Å². The summed E-state index contributed by atoms with van der Waals surface area (Å²) in [6.45, 7) is 5.83. The quantitative estimate of drug-likeness (QED) is 0.159. The van der Waals surface area contributed by atoms with E-state index in [4.69, 9.17) is 4.74 Å². The second-order valence-corrected chi connectivity index (χ2v) is 13.1. The molecule has 0 saturated carbocycles. The summed E-state index contributed by atoms with van der Waals surface area (Å²) in [4.78, 5) is 30.1. The molecule has 46 heavy (non-hydrogen) atoms. The fourth-order valence-corrected chi connectivity index (χ4v) is 6.76. The molecule has 0 radical (unpaired) electrons. The van der Waals surface area contributed by atoms with Gasteiger partial charge in [0, 0.05) is 19.5 Å².